The fraction of sp³-hybridized carbons (Fsp3) is 0.529. The van der Waals surface area contributed by atoms with Crippen molar-refractivity contribution in [3.05, 3.63) is 29.8 Å². The summed E-state index contributed by atoms with van der Waals surface area (Å²) < 4.78 is 5.12. The van der Waals surface area contributed by atoms with Crippen molar-refractivity contribution in [1.82, 2.24) is 15.1 Å². The quantitative estimate of drug-likeness (QED) is 0.874. The third-order valence-corrected chi connectivity index (χ3v) is 4.31. The van der Waals surface area contributed by atoms with Gasteiger partial charge in [-0.25, -0.2) is 0 Å². The van der Waals surface area contributed by atoms with Gasteiger partial charge in [0.25, 0.3) is 0 Å². The Balaban J connectivity index is 1.79. The molecule has 6 heteroatoms. The normalized spacial score (nSPS) is 16.7. The highest BCUT2D eigenvalue weighted by Gasteiger charge is 2.26. The third-order valence-electron chi connectivity index (χ3n) is 4.31. The summed E-state index contributed by atoms with van der Waals surface area (Å²) in [7, 11) is 1.63. The molecule has 6 nitrogen and oxygen atoms in total. The van der Waals surface area contributed by atoms with Gasteiger partial charge >= 0.3 is 0 Å². The largest absolute Gasteiger partial charge is 0.497 e. The summed E-state index contributed by atoms with van der Waals surface area (Å²) in [5.74, 6) is 0.912. The Hall–Kier alpha value is -2.08. The average Bonchev–Trinajstić information content (AvgIpc) is 2.59. The van der Waals surface area contributed by atoms with E-state index < -0.39 is 0 Å². The number of piperazine rings is 1. The Bertz CT molecular complexity index is 537. The second-order valence-corrected chi connectivity index (χ2v) is 5.78. The molecule has 0 radical (unpaired) electrons. The molecule has 23 heavy (non-hydrogen) atoms. The standard InChI is InChI=1S/C17H25N3O3/c1-13(19-8-10-20(11-9-19)14(2)21)17(22)18-12-15-4-6-16(23-3)7-5-15/h4-7,13H,8-12H2,1-3H3,(H,18,22)/t13-/m1/s1. The zero-order valence-corrected chi connectivity index (χ0v) is 14.0. The smallest absolute Gasteiger partial charge is 0.237 e. The maximum Gasteiger partial charge on any atom is 0.237 e. The van der Waals surface area contributed by atoms with Crippen LogP contribution in [0, 0.1) is 0 Å². The highest BCUT2D eigenvalue weighted by atomic mass is 16.5. The van der Waals surface area contributed by atoms with Crippen molar-refractivity contribution in [3.63, 3.8) is 0 Å². The Labute approximate surface area is 137 Å². The minimum atomic E-state index is -0.192. The van der Waals surface area contributed by atoms with Crippen molar-refractivity contribution in [2.24, 2.45) is 0 Å². The van der Waals surface area contributed by atoms with E-state index in [1.165, 1.54) is 0 Å². The van der Waals surface area contributed by atoms with Gasteiger partial charge in [-0.3, -0.25) is 14.5 Å². The van der Waals surface area contributed by atoms with E-state index in [-0.39, 0.29) is 17.9 Å². The number of rotatable bonds is 5. The number of methoxy groups -OCH3 is 1. The van der Waals surface area contributed by atoms with Crippen molar-refractivity contribution in [2.45, 2.75) is 26.4 Å². The molecule has 1 aliphatic heterocycles. The van der Waals surface area contributed by atoms with Crippen molar-refractivity contribution in [1.29, 1.82) is 0 Å². The SMILES string of the molecule is COc1ccc(CNC(=O)[C@@H](C)N2CCN(C(C)=O)CC2)cc1. The molecule has 1 atom stereocenters. The molecule has 2 amide bonds. The summed E-state index contributed by atoms with van der Waals surface area (Å²) in [6.07, 6.45) is 0. The molecule has 0 aliphatic carbocycles. The molecule has 1 N–H and O–H groups in total. The number of nitrogens with one attached hydrogen (secondary N) is 1. The van der Waals surface area contributed by atoms with Gasteiger partial charge in [-0.1, -0.05) is 12.1 Å². The second-order valence-electron chi connectivity index (χ2n) is 5.78. The van der Waals surface area contributed by atoms with E-state index in [4.69, 9.17) is 4.74 Å². The van der Waals surface area contributed by atoms with Gasteiger partial charge in [-0.2, -0.15) is 0 Å². The average molecular weight is 319 g/mol. The molecule has 126 valence electrons. The zero-order chi connectivity index (χ0) is 16.8. The third kappa shape index (κ3) is 4.69. The van der Waals surface area contributed by atoms with Crippen molar-refractivity contribution in [2.75, 3.05) is 33.3 Å². The van der Waals surface area contributed by atoms with Crippen LogP contribution in [0.1, 0.15) is 19.4 Å². The van der Waals surface area contributed by atoms with Gasteiger partial charge in [-0.05, 0) is 24.6 Å². The molecule has 0 spiro atoms. The highest BCUT2D eigenvalue weighted by Crippen LogP contribution is 2.11. The van der Waals surface area contributed by atoms with Crippen LogP contribution in [0.4, 0.5) is 0 Å². The molecule has 1 heterocycles. The van der Waals surface area contributed by atoms with Crippen LogP contribution in [0.15, 0.2) is 24.3 Å². The van der Waals surface area contributed by atoms with Gasteiger partial charge < -0.3 is 15.0 Å². The summed E-state index contributed by atoms with van der Waals surface area (Å²) in [5.41, 5.74) is 1.03. The monoisotopic (exact) mass is 319 g/mol. The number of benzene rings is 1. The number of carbonyl (C=O) groups is 2. The van der Waals surface area contributed by atoms with E-state index in [0.717, 1.165) is 24.4 Å². The first-order valence-corrected chi connectivity index (χ1v) is 7.91. The molecule has 0 bridgehead atoms. The Morgan fingerprint density at radius 3 is 2.30 bits per heavy atom. The lowest BCUT2D eigenvalue weighted by molar-refractivity contribution is -0.132. The molecule has 0 saturated carbocycles. The first-order chi connectivity index (χ1) is 11.0. The maximum atomic E-state index is 12.3. The predicted octanol–water partition coefficient (Wildman–Crippen LogP) is 0.864. The van der Waals surface area contributed by atoms with Crippen molar-refractivity contribution < 1.29 is 14.3 Å². The van der Waals surface area contributed by atoms with Gasteiger partial charge in [0.2, 0.25) is 11.8 Å². The zero-order valence-electron chi connectivity index (χ0n) is 14.0. The molecule has 1 saturated heterocycles. The van der Waals surface area contributed by atoms with E-state index in [2.05, 4.69) is 10.2 Å². The van der Waals surface area contributed by atoms with Crippen LogP contribution >= 0.6 is 0 Å². The van der Waals surface area contributed by atoms with Crippen LogP contribution in [0.5, 0.6) is 5.75 Å². The highest BCUT2D eigenvalue weighted by molar-refractivity contribution is 5.81. The minimum absolute atomic E-state index is 0.0112. The molecule has 1 aromatic rings. The molecule has 1 fully saturated rings. The lowest BCUT2D eigenvalue weighted by Crippen LogP contribution is -2.54. The molecule has 0 unspecified atom stereocenters. The molecular formula is C17H25N3O3. The summed E-state index contributed by atoms with van der Waals surface area (Å²) in [6.45, 7) is 6.83. The Kier molecular flexibility index (Phi) is 5.98. The number of amides is 2. The fourth-order valence-electron chi connectivity index (χ4n) is 2.67. The number of hydrogen-bond acceptors (Lipinski definition) is 4. The molecule has 1 aliphatic rings. The topological polar surface area (TPSA) is 61.9 Å². The first-order valence-electron chi connectivity index (χ1n) is 7.91. The summed E-state index contributed by atoms with van der Waals surface area (Å²) in [5, 5.41) is 2.97. The Morgan fingerprint density at radius 1 is 1.17 bits per heavy atom. The van der Waals surface area contributed by atoms with E-state index in [1.54, 1.807) is 14.0 Å². The maximum absolute atomic E-state index is 12.3. The fourth-order valence-corrected chi connectivity index (χ4v) is 2.67. The van der Waals surface area contributed by atoms with Crippen LogP contribution in [0.25, 0.3) is 0 Å². The van der Waals surface area contributed by atoms with Crippen LogP contribution in [0.3, 0.4) is 0 Å². The van der Waals surface area contributed by atoms with E-state index in [9.17, 15) is 9.59 Å². The lowest BCUT2D eigenvalue weighted by Gasteiger charge is -2.37. The molecule has 0 aromatic heterocycles. The molecule has 2 rings (SSSR count). The van der Waals surface area contributed by atoms with E-state index in [0.29, 0.717) is 19.6 Å². The molecular weight excluding hydrogens is 294 g/mol. The van der Waals surface area contributed by atoms with Gasteiger partial charge in [0, 0.05) is 39.6 Å². The van der Waals surface area contributed by atoms with Crippen LogP contribution in [-0.2, 0) is 16.1 Å². The van der Waals surface area contributed by atoms with E-state index >= 15 is 0 Å². The van der Waals surface area contributed by atoms with Gasteiger partial charge in [0.05, 0.1) is 13.2 Å². The second kappa shape index (κ2) is 7.97. The number of carbonyl (C=O) groups excluding carboxylic acids is 2. The summed E-state index contributed by atoms with van der Waals surface area (Å²) >= 11 is 0. The van der Waals surface area contributed by atoms with Crippen molar-refractivity contribution >= 4 is 11.8 Å². The summed E-state index contributed by atoms with van der Waals surface area (Å²) in [4.78, 5) is 27.6. The number of nitrogens with zero attached hydrogens (tertiary/aromatic N) is 2. The van der Waals surface area contributed by atoms with Gasteiger partial charge in [-0.15, -0.1) is 0 Å². The number of ether oxygens (including phenoxy) is 1. The van der Waals surface area contributed by atoms with E-state index in [1.807, 2.05) is 36.1 Å². The van der Waals surface area contributed by atoms with Gasteiger partial charge in [0.15, 0.2) is 0 Å². The first kappa shape index (κ1) is 17.3. The van der Waals surface area contributed by atoms with Crippen LogP contribution < -0.4 is 10.1 Å². The van der Waals surface area contributed by atoms with Crippen LogP contribution in [-0.4, -0.2) is 60.9 Å². The Morgan fingerprint density at radius 2 is 1.78 bits per heavy atom. The van der Waals surface area contributed by atoms with Crippen molar-refractivity contribution in [3.8, 4) is 5.75 Å². The summed E-state index contributed by atoms with van der Waals surface area (Å²) in [6, 6.07) is 7.45. The number of hydrogen-bond donors (Lipinski definition) is 1. The van der Waals surface area contributed by atoms with Crippen LogP contribution in [0.2, 0.25) is 0 Å². The predicted molar refractivity (Wildman–Crippen MR) is 88.1 cm³/mol. The van der Waals surface area contributed by atoms with Gasteiger partial charge in [0.1, 0.15) is 5.75 Å². The molecule has 1 aromatic carbocycles. The lowest BCUT2D eigenvalue weighted by atomic mass is 10.2. The minimum Gasteiger partial charge on any atom is -0.497 e.